The number of fused-ring (bicyclic) bond motifs is 2. The SMILES string of the molecule is CC(C)(C)CCCCNC(=O)c1c2ccccc2nc2ccccc12. The van der Waals surface area contributed by atoms with Gasteiger partial charge in [0.05, 0.1) is 16.6 Å². The van der Waals surface area contributed by atoms with Crippen molar-refractivity contribution in [1.29, 1.82) is 0 Å². The van der Waals surface area contributed by atoms with Crippen molar-refractivity contribution in [2.24, 2.45) is 5.41 Å². The quantitative estimate of drug-likeness (QED) is 0.506. The molecule has 0 atom stereocenters. The lowest BCUT2D eigenvalue weighted by atomic mass is 9.90. The van der Waals surface area contributed by atoms with Crippen molar-refractivity contribution in [2.75, 3.05) is 6.54 Å². The van der Waals surface area contributed by atoms with Crippen LogP contribution in [-0.4, -0.2) is 17.4 Å². The first kappa shape index (κ1) is 17.4. The lowest BCUT2D eigenvalue weighted by molar-refractivity contribution is 0.0956. The number of pyridine rings is 1. The topological polar surface area (TPSA) is 42.0 Å². The fourth-order valence-electron chi connectivity index (χ4n) is 3.16. The molecule has 0 bridgehead atoms. The largest absolute Gasteiger partial charge is 0.352 e. The van der Waals surface area contributed by atoms with Gasteiger partial charge in [0, 0.05) is 17.3 Å². The number of carbonyl (C=O) groups is 1. The molecule has 0 fully saturated rings. The lowest BCUT2D eigenvalue weighted by Crippen LogP contribution is -2.25. The maximum absolute atomic E-state index is 12.9. The molecule has 0 radical (unpaired) electrons. The van der Waals surface area contributed by atoms with Crippen molar-refractivity contribution in [3.05, 3.63) is 54.1 Å². The van der Waals surface area contributed by atoms with Gasteiger partial charge in [-0.05, 0) is 30.4 Å². The Kier molecular flexibility index (Phi) is 5.03. The molecule has 0 saturated carbocycles. The number of nitrogens with zero attached hydrogens (tertiary/aromatic N) is 1. The van der Waals surface area contributed by atoms with E-state index in [-0.39, 0.29) is 5.91 Å². The second-order valence-corrected chi connectivity index (χ2v) is 7.79. The van der Waals surface area contributed by atoms with Gasteiger partial charge in [-0.25, -0.2) is 4.98 Å². The van der Waals surface area contributed by atoms with Crippen LogP contribution < -0.4 is 5.32 Å². The number of amides is 1. The number of aromatic nitrogens is 1. The molecule has 1 heterocycles. The van der Waals surface area contributed by atoms with Crippen molar-refractivity contribution in [1.82, 2.24) is 10.3 Å². The molecule has 1 amide bonds. The van der Waals surface area contributed by atoms with Gasteiger partial charge in [0.1, 0.15) is 0 Å². The first-order valence-corrected chi connectivity index (χ1v) is 9.01. The van der Waals surface area contributed by atoms with Crippen molar-refractivity contribution in [3.8, 4) is 0 Å². The highest BCUT2D eigenvalue weighted by Crippen LogP contribution is 2.26. The highest BCUT2D eigenvalue weighted by molar-refractivity contribution is 6.16. The second kappa shape index (κ2) is 7.22. The molecule has 3 rings (SSSR count). The van der Waals surface area contributed by atoms with E-state index < -0.39 is 0 Å². The van der Waals surface area contributed by atoms with Crippen molar-refractivity contribution in [2.45, 2.75) is 40.0 Å². The van der Waals surface area contributed by atoms with E-state index in [0.717, 1.165) is 40.2 Å². The minimum absolute atomic E-state index is 0.00874. The predicted molar refractivity (Wildman–Crippen MR) is 105 cm³/mol. The number of benzene rings is 2. The minimum Gasteiger partial charge on any atom is -0.352 e. The van der Waals surface area contributed by atoms with Gasteiger partial charge in [0.25, 0.3) is 5.91 Å². The Labute approximate surface area is 149 Å². The lowest BCUT2D eigenvalue weighted by Gasteiger charge is -2.17. The molecule has 3 heteroatoms. The van der Waals surface area contributed by atoms with Crippen LogP contribution in [0.15, 0.2) is 48.5 Å². The van der Waals surface area contributed by atoms with Crippen LogP contribution in [0.4, 0.5) is 0 Å². The average Bonchev–Trinajstić information content (AvgIpc) is 2.58. The Morgan fingerprint density at radius 1 is 0.920 bits per heavy atom. The third kappa shape index (κ3) is 4.16. The van der Waals surface area contributed by atoms with Gasteiger partial charge in [-0.2, -0.15) is 0 Å². The van der Waals surface area contributed by atoms with Crippen LogP contribution in [-0.2, 0) is 0 Å². The summed E-state index contributed by atoms with van der Waals surface area (Å²) in [7, 11) is 0. The molecule has 25 heavy (non-hydrogen) atoms. The van der Waals surface area contributed by atoms with E-state index >= 15 is 0 Å². The normalized spacial score (nSPS) is 11.8. The Morgan fingerprint density at radius 2 is 1.48 bits per heavy atom. The first-order valence-electron chi connectivity index (χ1n) is 9.01. The summed E-state index contributed by atoms with van der Waals surface area (Å²) in [5.41, 5.74) is 2.80. The molecule has 0 unspecified atom stereocenters. The van der Waals surface area contributed by atoms with Crippen LogP contribution in [0.5, 0.6) is 0 Å². The van der Waals surface area contributed by atoms with E-state index in [1.54, 1.807) is 0 Å². The van der Waals surface area contributed by atoms with E-state index in [2.05, 4.69) is 31.1 Å². The molecule has 1 aromatic heterocycles. The highest BCUT2D eigenvalue weighted by atomic mass is 16.1. The van der Waals surface area contributed by atoms with Crippen LogP contribution in [0.3, 0.4) is 0 Å². The zero-order chi connectivity index (χ0) is 17.9. The molecule has 130 valence electrons. The Bertz CT molecular complexity index is 839. The summed E-state index contributed by atoms with van der Waals surface area (Å²) in [6.07, 6.45) is 3.30. The molecule has 0 aliphatic carbocycles. The van der Waals surface area contributed by atoms with E-state index in [9.17, 15) is 4.79 Å². The molecule has 0 spiro atoms. The van der Waals surface area contributed by atoms with Crippen LogP contribution >= 0.6 is 0 Å². The van der Waals surface area contributed by atoms with Gasteiger partial charge < -0.3 is 5.32 Å². The van der Waals surface area contributed by atoms with E-state index in [1.165, 1.54) is 6.42 Å². The fourth-order valence-corrected chi connectivity index (χ4v) is 3.16. The third-order valence-electron chi connectivity index (χ3n) is 4.45. The average molecular weight is 334 g/mol. The predicted octanol–water partition coefficient (Wildman–Crippen LogP) is 5.33. The number of rotatable bonds is 5. The van der Waals surface area contributed by atoms with E-state index in [1.807, 2.05) is 48.5 Å². The maximum atomic E-state index is 12.9. The van der Waals surface area contributed by atoms with Crippen molar-refractivity contribution >= 4 is 27.7 Å². The smallest absolute Gasteiger partial charge is 0.252 e. The Balaban J connectivity index is 1.82. The monoisotopic (exact) mass is 334 g/mol. The summed E-state index contributed by atoms with van der Waals surface area (Å²) in [4.78, 5) is 17.6. The van der Waals surface area contributed by atoms with Crippen LogP contribution in [0.1, 0.15) is 50.4 Å². The molecule has 1 N–H and O–H groups in total. The molecule has 0 aliphatic heterocycles. The Morgan fingerprint density at radius 3 is 2.04 bits per heavy atom. The molecule has 0 saturated heterocycles. The molecule has 0 aliphatic rings. The maximum Gasteiger partial charge on any atom is 0.252 e. The summed E-state index contributed by atoms with van der Waals surface area (Å²) >= 11 is 0. The molecule has 3 aromatic rings. The van der Waals surface area contributed by atoms with Crippen molar-refractivity contribution in [3.63, 3.8) is 0 Å². The first-order chi connectivity index (χ1) is 12.0. The van der Waals surface area contributed by atoms with Gasteiger partial charge in [0.15, 0.2) is 0 Å². The number of para-hydroxylation sites is 2. The standard InChI is InChI=1S/C22H26N2O/c1-22(2,3)14-8-9-15-23-21(25)20-16-10-4-6-12-18(16)24-19-13-7-5-11-17(19)20/h4-7,10-13H,8-9,14-15H2,1-3H3,(H,23,25). The number of hydrogen-bond acceptors (Lipinski definition) is 2. The number of hydrogen-bond donors (Lipinski definition) is 1. The third-order valence-corrected chi connectivity index (χ3v) is 4.45. The van der Waals surface area contributed by atoms with Gasteiger partial charge in [-0.15, -0.1) is 0 Å². The zero-order valence-corrected chi connectivity index (χ0v) is 15.3. The second-order valence-electron chi connectivity index (χ2n) is 7.79. The van der Waals surface area contributed by atoms with Gasteiger partial charge in [-0.3, -0.25) is 4.79 Å². The summed E-state index contributed by atoms with van der Waals surface area (Å²) in [6, 6.07) is 15.7. The summed E-state index contributed by atoms with van der Waals surface area (Å²) in [6.45, 7) is 7.46. The number of unbranched alkanes of at least 4 members (excludes halogenated alkanes) is 1. The van der Waals surface area contributed by atoms with Crippen LogP contribution in [0.25, 0.3) is 21.8 Å². The number of nitrogens with one attached hydrogen (secondary N) is 1. The minimum atomic E-state index is -0.00874. The van der Waals surface area contributed by atoms with Gasteiger partial charge >= 0.3 is 0 Å². The fraction of sp³-hybridized carbons (Fsp3) is 0.364. The summed E-state index contributed by atoms with van der Waals surface area (Å²) < 4.78 is 0. The van der Waals surface area contributed by atoms with Crippen molar-refractivity contribution < 1.29 is 4.79 Å². The van der Waals surface area contributed by atoms with E-state index in [0.29, 0.717) is 12.0 Å². The molecule has 3 nitrogen and oxygen atoms in total. The Hall–Kier alpha value is -2.42. The van der Waals surface area contributed by atoms with Crippen LogP contribution in [0, 0.1) is 5.41 Å². The zero-order valence-electron chi connectivity index (χ0n) is 15.3. The summed E-state index contributed by atoms with van der Waals surface area (Å²) in [5.74, 6) is -0.00874. The highest BCUT2D eigenvalue weighted by Gasteiger charge is 2.15. The molecule has 2 aromatic carbocycles. The molecular formula is C22H26N2O. The van der Waals surface area contributed by atoms with Gasteiger partial charge in [-0.1, -0.05) is 63.6 Å². The van der Waals surface area contributed by atoms with Crippen LogP contribution in [0.2, 0.25) is 0 Å². The van der Waals surface area contributed by atoms with Gasteiger partial charge in [0.2, 0.25) is 0 Å². The molecular weight excluding hydrogens is 308 g/mol. The summed E-state index contributed by atoms with van der Waals surface area (Å²) in [5, 5.41) is 4.92. The van der Waals surface area contributed by atoms with E-state index in [4.69, 9.17) is 0 Å². The number of carbonyl (C=O) groups excluding carboxylic acids is 1.